The molecule has 0 bridgehead atoms. The fraction of sp³-hybridized carbons (Fsp3) is 0.368. The fourth-order valence-corrected chi connectivity index (χ4v) is 3.78. The second-order valence-corrected chi connectivity index (χ2v) is 7.44. The second-order valence-electron chi connectivity index (χ2n) is 6.09. The number of hydrogen-bond acceptors (Lipinski definition) is 4. The molecule has 1 N–H and O–H groups in total. The summed E-state index contributed by atoms with van der Waals surface area (Å²) in [7, 11) is 0. The summed E-state index contributed by atoms with van der Waals surface area (Å²) in [6.07, 6.45) is 0.998. The van der Waals surface area contributed by atoms with Gasteiger partial charge in [0.2, 0.25) is 0 Å². The standard InChI is InChI=1S/C19H23ClN4S/c1-4-19-22-16(12-25-19)9-21-10-17-13(2)23-24(14(17)3)11-15-7-5-6-8-18(15)20/h5-8,12,21H,4,9-11H2,1-3H3. The van der Waals surface area contributed by atoms with Crippen LogP contribution in [0.4, 0.5) is 0 Å². The average Bonchev–Trinajstić information content (AvgIpc) is 3.16. The van der Waals surface area contributed by atoms with Crippen LogP contribution in [0.2, 0.25) is 5.02 Å². The second kappa shape index (κ2) is 8.13. The van der Waals surface area contributed by atoms with Gasteiger partial charge in [0, 0.05) is 34.7 Å². The van der Waals surface area contributed by atoms with Crippen LogP contribution in [0, 0.1) is 13.8 Å². The van der Waals surface area contributed by atoms with E-state index < -0.39 is 0 Å². The van der Waals surface area contributed by atoms with Crippen molar-refractivity contribution < 1.29 is 0 Å². The van der Waals surface area contributed by atoms with Gasteiger partial charge in [-0.05, 0) is 31.9 Å². The van der Waals surface area contributed by atoms with Crippen LogP contribution >= 0.6 is 22.9 Å². The minimum absolute atomic E-state index is 0.693. The molecule has 0 unspecified atom stereocenters. The summed E-state index contributed by atoms with van der Waals surface area (Å²) < 4.78 is 2.03. The van der Waals surface area contributed by atoms with E-state index in [-0.39, 0.29) is 0 Å². The van der Waals surface area contributed by atoms with Crippen molar-refractivity contribution >= 4 is 22.9 Å². The van der Waals surface area contributed by atoms with Crippen LogP contribution in [-0.4, -0.2) is 14.8 Å². The van der Waals surface area contributed by atoms with Crippen molar-refractivity contribution in [1.82, 2.24) is 20.1 Å². The average molecular weight is 375 g/mol. The van der Waals surface area contributed by atoms with Crippen molar-refractivity contribution in [2.24, 2.45) is 0 Å². The van der Waals surface area contributed by atoms with Crippen LogP contribution in [0.25, 0.3) is 0 Å². The summed E-state index contributed by atoms with van der Waals surface area (Å²) >= 11 is 8.01. The molecule has 0 aliphatic heterocycles. The lowest BCUT2D eigenvalue weighted by atomic mass is 10.2. The van der Waals surface area contributed by atoms with Crippen molar-refractivity contribution in [3.8, 4) is 0 Å². The predicted molar refractivity (Wildman–Crippen MR) is 104 cm³/mol. The van der Waals surface area contributed by atoms with E-state index in [0.717, 1.165) is 41.5 Å². The maximum Gasteiger partial charge on any atom is 0.0926 e. The van der Waals surface area contributed by atoms with Crippen LogP contribution in [0.3, 0.4) is 0 Å². The first-order chi connectivity index (χ1) is 12.1. The van der Waals surface area contributed by atoms with Crippen molar-refractivity contribution in [2.75, 3.05) is 0 Å². The molecule has 132 valence electrons. The Morgan fingerprint density at radius 2 is 2.00 bits per heavy atom. The fourth-order valence-electron chi connectivity index (χ4n) is 2.84. The van der Waals surface area contributed by atoms with E-state index >= 15 is 0 Å². The zero-order valence-corrected chi connectivity index (χ0v) is 16.4. The van der Waals surface area contributed by atoms with Gasteiger partial charge < -0.3 is 5.32 Å². The van der Waals surface area contributed by atoms with Gasteiger partial charge in [-0.1, -0.05) is 36.7 Å². The van der Waals surface area contributed by atoms with E-state index in [1.807, 2.05) is 28.9 Å². The highest BCUT2D eigenvalue weighted by molar-refractivity contribution is 7.09. The Kier molecular flexibility index (Phi) is 5.89. The topological polar surface area (TPSA) is 42.7 Å². The highest BCUT2D eigenvalue weighted by Gasteiger charge is 2.12. The van der Waals surface area contributed by atoms with E-state index in [0.29, 0.717) is 6.54 Å². The normalized spacial score (nSPS) is 11.2. The molecule has 25 heavy (non-hydrogen) atoms. The first-order valence-electron chi connectivity index (χ1n) is 8.48. The third kappa shape index (κ3) is 4.29. The molecule has 0 radical (unpaired) electrons. The SMILES string of the molecule is CCc1nc(CNCc2c(C)nn(Cc3ccccc3Cl)c2C)cs1. The summed E-state index contributed by atoms with van der Waals surface area (Å²) in [5.41, 5.74) is 5.68. The van der Waals surface area contributed by atoms with E-state index in [1.165, 1.54) is 16.3 Å². The summed E-state index contributed by atoms with van der Waals surface area (Å²) in [5, 5.41) is 12.3. The van der Waals surface area contributed by atoms with Gasteiger partial charge in [0.1, 0.15) is 0 Å². The summed E-state index contributed by atoms with van der Waals surface area (Å²) in [4.78, 5) is 4.60. The van der Waals surface area contributed by atoms with Gasteiger partial charge >= 0.3 is 0 Å². The molecule has 4 nitrogen and oxygen atoms in total. The highest BCUT2D eigenvalue weighted by atomic mass is 35.5. The Balaban J connectivity index is 1.66. The first-order valence-corrected chi connectivity index (χ1v) is 9.74. The molecule has 2 heterocycles. The van der Waals surface area contributed by atoms with Crippen molar-refractivity contribution in [2.45, 2.75) is 46.8 Å². The van der Waals surface area contributed by atoms with Crippen LogP contribution in [-0.2, 0) is 26.1 Å². The Morgan fingerprint density at radius 1 is 1.20 bits per heavy atom. The third-order valence-electron chi connectivity index (χ3n) is 4.32. The summed E-state index contributed by atoms with van der Waals surface area (Å²) in [5.74, 6) is 0. The predicted octanol–water partition coefficient (Wildman–Crippen LogP) is 4.51. The van der Waals surface area contributed by atoms with Crippen LogP contribution in [0.15, 0.2) is 29.6 Å². The third-order valence-corrected chi connectivity index (χ3v) is 5.73. The minimum atomic E-state index is 0.693. The number of rotatable bonds is 7. The van der Waals surface area contributed by atoms with Crippen LogP contribution in [0.5, 0.6) is 0 Å². The van der Waals surface area contributed by atoms with Gasteiger partial charge in [0.15, 0.2) is 0 Å². The van der Waals surface area contributed by atoms with Gasteiger partial charge in [-0.3, -0.25) is 4.68 Å². The van der Waals surface area contributed by atoms with Crippen molar-refractivity contribution in [3.05, 3.63) is 67.9 Å². The maximum atomic E-state index is 6.28. The lowest BCUT2D eigenvalue weighted by Gasteiger charge is -2.08. The number of nitrogens with zero attached hydrogens (tertiary/aromatic N) is 3. The van der Waals surface area contributed by atoms with Crippen molar-refractivity contribution in [3.63, 3.8) is 0 Å². The largest absolute Gasteiger partial charge is 0.307 e. The van der Waals surface area contributed by atoms with E-state index in [4.69, 9.17) is 16.7 Å². The molecule has 6 heteroatoms. The number of halogens is 1. The Hall–Kier alpha value is -1.69. The Labute approximate surface area is 157 Å². The molecule has 0 aliphatic rings. The van der Waals surface area contributed by atoms with Crippen LogP contribution in [0.1, 0.15) is 40.1 Å². The molecule has 0 fully saturated rings. The number of aromatic nitrogens is 3. The molecule has 0 saturated carbocycles. The van der Waals surface area contributed by atoms with E-state index in [2.05, 4.69) is 36.5 Å². The number of hydrogen-bond donors (Lipinski definition) is 1. The molecule has 0 saturated heterocycles. The van der Waals surface area contributed by atoms with Gasteiger partial charge in [0.25, 0.3) is 0 Å². The molecule has 3 aromatic rings. The minimum Gasteiger partial charge on any atom is -0.307 e. The van der Waals surface area contributed by atoms with Gasteiger partial charge in [0.05, 0.1) is 22.9 Å². The number of nitrogens with one attached hydrogen (secondary N) is 1. The molecule has 0 spiro atoms. The molecule has 0 atom stereocenters. The highest BCUT2D eigenvalue weighted by Crippen LogP contribution is 2.19. The molecular weight excluding hydrogens is 352 g/mol. The number of benzene rings is 1. The number of aryl methyl sites for hydroxylation is 2. The lowest BCUT2D eigenvalue weighted by Crippen LogP contribution is -2.14. The molecule has 1 aromatic carbocycles. The van der Waals surface area contributed by atoms with Gasteiger partial charge in [-0.2, -0.15) is 5.10 Å². The molecule has 0 amide bonds. The van der Waals surface area contributed by atoms with E-state index in [9.17, 15) is 0 Å². The zero-order valence-electron chi connectivity index (χ0n) is 14.8. The van der Waals surface area contributed by atoms with Crippen LogP contribution < -0.4 is 5.32 Å². The smallest absolute Gasteiger partial charge is 0.0926 e. The maximum absolute atomic E-state index is 6.28. The van der Waals surface area contributed by atoms with E-state index in [1.54, 1.807) is 11.3 Å². The first kappa shape index (κ1) is 18.1. The summed E-state index contributed by atoms with van der Waals surface area (Å²) in [6.45, 7) is 8.58. The van der Waals surface area contributed by atoms with Crippen molar-refractivity contribution in [1.29, 1.82) is 0 Å². The quantitative estimate of drug-likeness (QED) is 0.661. The Morgan fingerprint density at radius 3 is 2.72 bits per heavy atom. The lowest BCUT2D eigenvalue weighted by molar-refractivity contribution is 0.651. The summed E-state index contributed by atoms with van der Waals surface area (Å²) in [6, 6.07) is 7.92. The Bertz CT molecular complexity index is 853. The molecular formula is C19H23ClN4S. The molecule has 3 rings (SSSR count). The molecule has 2 aromatic heterocycles. The molecule has 0 aliphatic carbocycles. The van der Waals surface area contributed by atoms with Gasteiger partial charge in [-0.15, -0.1) is 11.3 Å². The monoisotopic (exact) mass is 374 g/mol. The number of thiazole rings is 1. The van der Waals surface area contributed by atoms with Gasteiger partial charge in [-0.25, -0.2) is 4.98 Å². The zero-order chi connectivity index (χ0) is 17.8.